The monoisotopic (exact) mass is 305 g/mol. The van der Waals surface area contributed by atoms with Crippen LogP contribution in [0.2, 0.25) is 0 Å². The Morgan fingerprint density at radius 3 is 2.57 bits per heavy atom. The summed E-state index contributed by atoms with van der Waals surface area (Å²) < 4.78 is 48.2. The molecule has 7 heteroatoms. The number of benzene rings is 1. The van der Waals surface area contributed by atoms with E-state index in [0.29, 0.717) is 6.54 Å². The summed E-state index contributed by atoms with van der Waals surface area (Å²) in [6.45, 7) is 2.20. The molecule has 1 unspecified atom stereocenters. The van der Waals surface area contributed by atoms with Gasteiger partial charge in [-0.05, 0) is 25.1 Å². The molecule has 118 valence electrons. The maximum Gasteiger partial charge on any atom is 0.419 e. The molecule has 0 aromatic heterocycles. The number of methoxy groups -OCH3 is 1. The number of hydrogen-bond acceptors (Lipinski definition) is 4. The van der Waals surface area contributed by atoms with Gasteiger partial charge in [-0.1, -0.05) is 19.1 Å². The molecule has 0 saturated carbocycles. The van der Waals surface area contributed by atoms with Gasteiger partial charge in [0.1, 0.15) is 18.4 Å². The lowest BCUT2D eigenvalue weighted by Gasteiger charge is -2.19. The van der Waals surface area contributed by atoms with Crippen molar-refractivity contribution in [3.05, 3.63) is 29.8 Å². The highest BCUT2D eigenvalue weighted by atomic mass is 19.4. The normalized spacial score (nSPS) is 12.8. The minimum atomic E-state index is -4.51. The van der Waals surface area contributed by atoms with E-state index in [2.05, 4.69) is 10.1 Å². The lowest BCUT2D eigenvalue weighted by molar-refractivity contribution is -0.144. The molecule has 1 aromatic rings. The number of carbonyl (C=O) groups excluding carboxylic acids is 1. The Labute approximate surface area is 121 Å². The van der Waals surface area contributed by atoms with E-state index in [1.54, 1.807) is 0 Å². The van der Waals surface area contributed by atoms with Crippen molar-refractivity contribution in [2.45, 2.75) is 25.6 Å². The van der Waals surface area contributed by atoms with E-state index < -0.39 is 23.8 Å². The van der Waals surface area contributed by atoms with Gasteiger partial charge < -0.3 is 14.8 Å². The van der Waals surface area contributed by atoms with Gasteiger partial charge >= 0.3 is 12.1 Å². The third-order valence-electron chi connectivity index (χ3n) is 2.72. The Bertz CT molecular complexity index is 463. The smallest absolute Gasteiger partial charge is 0.419 e. The zero-order chi connectivity index (χ0) is 15.9. The second-order valence-electron chi connectivity index (χ2n) is 4.33. The van der Waals surface area contributed by atoms with E-state index in [4.69, 9.17) is 4.74 Å². The van der Waals surface area contributed by atoms with Crippen LogP contribution in [0.25, 0.3) is 0 Å². The summed E-state index contributed by atoms with van der Waals surface area (Å²) in [5.41, 5.74) is -0.871. The fourth-order valence-electron chi connectivity index (χ4n) is 1.67. The summed E-state index contributed by atoms with van der Waals surface area (Å²) in [6, 6.07) is 4.06. The average Bonchev–Trinajstić information content (AvgIpc) is 2.46. The van der Waals surface area contributed by atoms with Crippen LogP contribution >= 0.6 is 0 Å². The topological polar surface area (TPSA) is 47.6 Å². The Hall–Kier alpha value is -1.76. The van der Waals surface area contributed by atoms with Gasteiger partial charge in [-0.2, -0.15) is 13.2 Å². The average molecular weight is 305 g/mol. The molecule has 0 amide bonds. The van der Waals surface area contributed by atoms with Gasteiger partial charge in [0.05, 0.1) is 12.7 Å². The molecule has 0 heterocycles. The summed E-state index contributed by atoms with van der Waals surface area (Å²) in [7, 11) is 1.21. The number of hydrogen-bond donors (Lipinski definition) is 1. The van der Waals surface area contributed by atoms with Gasteiger partial charge in [-0.25, -0.2) is 0 Å². The first-order chi connectivity index (χ1) is 9.90. The highest BCUT2D eigenvalue weighted by molar-refractivity contribution is 5.75. The summed E-state index contributed by atoms with van der Waals surface area (Å²) in [6.07, 6.45) is -3.74. The molecule has 21 heavy (non-hydrogen) atoms. The van der Waals surface area contributed by atoms with Crippen molar-refractivity contribution in [2.24, 2.45) is 0 Å². The van der Waals surface area contributed by atoms with Crippen molar-refractivity contribution < 1.29 is 27.4 Å². The van der Waals surface area contributed by atoms with Crippen molar-refractivity contribution >= 4 is 5.97 Å². The van der Waals surface area contributed by atoms with Gasteiger partial charge in [0.15, 0.2) is 0 Å². The molecule has 0 aliphatic rings. The predicted molar refractivity (Wildman–Crippen MR) is 71.0 cm³/mol. The van der Waals surface area contributed by atoms with E-state index in [1.807, 2.05) is 6.92 Å². The molecular formula is C14H18F3NO3. The van der Waals surface area contributed by atoms with Gasteiger partial charge in [-0.15, -0.1) is 0 Å². The third-order valence-corrected chi connectivity index (χ3v) is 2.72. The quantitative estimate of drug-likeness (QED) is 0.787. The van der Waals surface area contributed by atoms with Gasteiger partial charge in [0, 0.05) is 0 Å². The summed E-state index contributed by atoms with van der Waals surface area (Å²) in [5, 5.41) is 2.87. The molecule has 1 atom stereocenters. The number of rotatable bonds is 7. The zero-order valence-electron chi connectivity index (χ0n) is 11.9. The van der Waals surface area contributed by atoms with Crippen molar-refractivity contribution in [3.8, 4) is 5.75 Å². The number of alkyl halides is 3. The summed E-state index contributed by atoms with van der Waals surface area (Å²) in [5.74, 6) is -0.884. The molecular weight excluding hydrogens is 287 g/mol. The van der Waals surface area contributed by atoms with Gasteiger partial charge in [-0.3, -0.25) is 4.79 Å². The van der Waals surface area contributed by atoms with Gasteiger partial charge in [0.25, 0.3) is 0 Å². The molecule has 0 spiro atoms. The minimum absolute atomic E-state index is 0.236. The number of esters is 1. The molecule has 1 N–H and O–H groups in total. The van der Waals surface area contributed by atoms with Crippen molar-refractivity contribution in [3.63, 3.8) is 0 Å². The van der Waals surface area contributed by atoms with Crippen LogP contribution in [0.5, 0.6) is 5.75 Å². The molecule has 4 nitrogen and oxygen atoms in total. The third kappa shape index (κ3) is 5.26. The maximum atomic E-state index is 12.8. The van der Waals surface area contributed by atoms with E-state index >= 15 is 0 Å². The van der Waals surface area contributed by atoms with E-state index in [1.165, 1.54) is 25.3 Å². The predicted octanol–water partition coefficient (Wildman–Crippen LogP) is 2.63. The van der Waals surface area contributed by atoms with Gasteiger partial charge in [0.2, 0.25) is 0 Å². The van der Waals surface area contributed by atoms with Crippen molar-refractivity contribution in [2.75, 3.05) is 20.3 Å². The van der Waals surface area contributed by atoms with E-state index in [9.17, 15) is 18.0 Å². The van der Waals surface area contributed by atoms with Crippen LogP contribution in [0.1, 0.15) is 18.9 Å². The lowest BCUT2D eigenvalue weighted by atomic mass is 10.2. The molecule has 0 aliphatic carbocycles. The fraction of sp³-hybridized carbons (Fsp3) is 0.500. The zero-order valence-corrected chi connectivity index (χ0v) is 11.9. The molecule has 1 rings (SSSR count). The number of carbonyl (C=O) groups is 1. The van der Waals surface area contributed by atoms with Crippen LogP contribution in [0, 0.1) is 0 Å². The molecule has 0 aliphatic heterocycles. The van der Waals surface area contributed by atoms with E-state index in [-0.39, 0.29) is 12.4 Å². The number of nitrogens with one attached hydrogen (secondary N) is 1. The van der Waals surface area contributed by atoms with Crippen LogP contribution in [-0.2, 0) is 15.7 Å². The van der Waals surface area contributed by atoms with Crippen LogP contribution in [0.4, 0.5) is 13.2 Å². The second-order valence-corrected chi connectivity index (χ2v) is 4.33. The molecule has 1 aromatic carbocycles. The van der Waals surface area contributed by atoms with Crippen LogP contribution in [0.15, 0.2) is 24.3 Å². The first-order valence-corrected chi connectivity index (χ1v) is 6.50. The fourth-order valence-corrected chi connectivity index (χ4v) is 1.67. The highest BCUT2D eigenvalue weighted by Crippen LogP contribution is 2.35. The molecule has 0 saturated heterocycles. The van der Waals surface area contributed by atoms with Crippen molar-refractivity contribution in [1.29, 1.82) is 0 Å². The van der Waals surface area contributed by atoms with Crippen LogP contribution in [-0.4, -0.2) is 32.3 Å². The van der Waals surface area contributed by atoms with E-state index in [0.717, 1.165) is 12.5 Å². The standard InChI is InChI=1S/C14H18F3NO3/c1-3-8-18-11(13(19)20-2)9-21-12-7-5-4-6-10(12)14(15,16)17/h4-7,11,18H,3,8-9H2,1-2H3. The number of para-hydroxylation sites is 1. The lowest BCUT2D eigenvalue weighted by Crippen LogP contribution is -2.42. The summed E-state index contributed by atoms with van der Waals surface area (Å²) in [4.78, 5) is 11.5. The summed E-state index contributed by atoms with van der Waals surface area (Å²) >= 11 is 0. The molecule has 0 radical (unpaired) electrons. The Morgan fingerprint density at radius 1 is 1.33 bits per heavy atom. The second kappa shape index (κ2) is 7.87. The molecule has 0 fully saturated rings. The Balaban J connectivity index is 2.78. The SMILES string of the molecule is CCCNC(COc1ccccc1C(F)(F)F)C(=O)OC. The van der Waals surface area contributed by atoms with Crippen LogP contribution in [0.3, 0.4) is 0 Å². The largest absolute Gasteiger partial charge is 0.491 e. The number of halogens is 3. The Kier molecular flexibility index (Phi) is 6.48. The van der Waals surface area contributed by atoms with Crippen LogP contribution < -0.4 is 10.1 Å². The Morgan fingerprint density at radius 2 is 2.00 bits per heavy atom. The highest BCUT2D eigenvalue weighted by Gasteiger charge is 2.34. The van der Waals surface area contributed by atoms with Crippen molar-refractivity contribution in [1.82, 2.24) is 5.32 Å². The maximum absolute atomic E-state index is 12.8. The molecule has 0 bridgehead atoms. The first kappa shape index (κ1) is 17.3. The first-order valence-electron chi connectivity index (χ1n) is 6.50. The minimum Gasteiger partial charge on any atom is -0.491 e. The number of ether oxygens (including phenoxy) is 2.